The van der Waals surface area contributed by atoms with Crippen LogP contribution in [0.2, 0.25) is 5.02 Å². The fraction of sp³-hybridized carbons (Fsp3) is 0.375. The van der Waals surface area contributed by atoms with E-state index >= 15 is 0 Å². The van der Waals surface area contributed by atoms with Crippen molar-refractivity contribution in [1.29, 1.82) is 0 Å². The highest BCUT2D eigenvalue weighted by Crippen LogP contribution is 2.28. The number of hydrogen-bond acceptors (Lipinski definition) is 5. The lowest BCUT2D eigenvalue weighted by atomic mass is 10.2. The van der Waals surface area contributed by atoms with Crippen LogP contribution in [-0.2, 0) is 19.4 Å². The molecule has 0 aliphatic carbocycles. The molecule has 0 radical (unpaired) electrons. The number of ether oxygens (including phenoxy) is 1. The van der Waals surface area contributed by atoms with Crippen molar-refractivity contribution in [2.24, 2.45) is 0 Å². The molecule has 9 heteroatoms. The summed E-state index contributed by atoms with van der Waals surface area (Å²) >= 11 is 5.93. The Morgan fingerprint density at radius 3 is 2.44 bits per heavy atom. The Balaban J connectivity index is 2.64. The number of halogens is 1. The van der Waals surface area contributed by atoms with E-state index in [2.05, 4.69) is 0 Å². The molecule has 0 fully saturated rings. The molecule has 1 N–H and O–H groups in total. The van der Waals surface area contributed by atoms with Gasteiger partial charge in [0.1, 0.15) is 10.6 Å². The first-order chi connectivity index (χ1) is 11.4. The van der Waals surface area contributed by atoms with Gasteiger partial charge in [-0.1, -0.05) is 11.6 Å². The van der Waals surface area contributed by atoms with E-state index in [4.69, 9.17) is 21.4 Å². The van der Waals surface area contributed by atoms with E-state index in [1.807, 2.05) is 0 Å². The van der Waals surface area contributed by atoms with E-state index in [9.17, 15) is 18.0 Å². The number of carbonyl (C=O) groups is 2. The van der Waals surface area contributed by atoms with Crippen LogP contribution in [0.15, 0.2) is 29.3 Å². The van der Waals surface area contributed by atoms with Crippen LogP contribution in [0.4, 0.5) is 4.79 Å². The minimum absolute atomic E-state index is 0.313. The molecule has 0 saturated heterocycles. The Labute approximate surface area is 150 Å². The van der Waals surface area contributed by atoms with E-state index in [-0.39, 0.29) is 5.03 Å². The molecule has 0 aliphatic rings. The first-order valence-corrected chi connectivity index (χ1v) is 9.43. The quantitative estimate of drug-likeness (QED) is 0.863. The fourth-order valence-corrected chi connectivity index (χ4v) is 3.80. The minimum atomic E-state index is -4.02. The molecular formula is C16H18ClNO6S. The Bertz CT molecular complexity index is 939. The standard InChI is InChI=1S/C16H18ClNO6S/c1-16(2,3)24-15(21)18-12-5-4-11(17)8-10(12)9-13(18)25(22,23)7-6-14(19)20/h4-5,8-9H,6-7H2,1-3H3,(H,19,20). The number of hydrogen-bond donors (Lipinski definition) is 1. The summed E-state index contributed by atoms with van der Waals surface area (Å²) in [6.45, 7) is 4.98. The van der Waals surface area contributed by atoms with Crippen molar-refractivity contribution < 1.29 is 27.9 Å². The number of carboxylic acid groups (broad SMARTS) is 1. The number of aliphatic carboxylic acids is 1. The Morgan fingerprint density at radius 1 is 1.24 bits per heavy atom. The number of benzene rings is 1. The largest absolute Gasteiger partial charge is 0.481 e. The van der Waals surface area contributed by atoms with Gasteiger partial charge >= 0.3 is 12.1 Å². The summed E-state index contributed by atoms with van der Waals surface area (Å²) in [5, 5.41) is 9.25. The zero-order valence-electron chi connectivity index (χ0n) is 13.9. The Morgan fingerprint density at radius 2 is 1.88 bits per heavy atom. The minimum Gasteiger partial charge on any atom is -0.481 e. The van der Waals surface area contributed by atoms with Crippen LogP contribution in [0.25, 0.3) is 10.9 Å². The van der Waals surface area contributed by atoms with Crippen LogP contribution >= 0.6 is 11.6 Å². The van der Waals surface area contributed by atoms with E-state index in [0.29, 0.717) is 15.9 Å². The molecule has 2 rings (SSSR count). The van der Waals surface area contributed by atoms with Crippen LogP contribution in [-0.4, -0.2) is 41.5 Å². The summed E-state index contributed by atoms with van der Waals surface area (Å²) in [5.74, 6) is -1.87. The molecule has 0 atom stereocenters. The molecule has 0 amide bonds. The molecule has 25 heavy (non-hydrogen) atoms. The monoisotopic (exact) mass is 387 g/mol. The molecule has 1 heterocycles. The summed E-state index contributed by atoms with van der Waals surface area (Å²) in [6, 6.07) is 5.85. The van der Waals surface area contributed by atoms with Crippen molar-refractivity contribution in [2.75, 3.05) is 5.75 Å². The third-order valence-electron chi connectivity index (χ3n) is 3.21. The second-order valence-corrected chi connectivity index (χ2v) is 8.96. The first kappa shape index (κ1) is 19.3. The van der Waals surface area contributed by atoms with Crippen LogP contribution in [0, 0.1) is 0 Å². The second-order valence-electron chi connectivity index (χ2n) is 6.46. The summed E-state index contributed by atoms with van der Waals surface area (Å²) in [6.07, 6.45) is -1.43. The third-order valence-corrected chi connectivity index (χ3v) is 5.12. The van der Waals surface area contributed by atoms with Gasteiger partial charge in [-0.25, -0.2) is 17.8 Å². The number of nitrogens with zero attached hydrogens (tertiary/aromatic N) is 1. The maximum Gasteiger partial charge on any atom is 0.420 e. The van der Waals surface area contributed by atoms with Crippen LogP contribution < -0.4 is 0 Å². The number of fused-ring (bicyclic) bond motifs is 1. The van der Waals surface area contributed by atoms with Gasteiger partial charge in [-0.05, 0) is 45.0 Å². The van der Waals surface area contributed by atoms with Crippen molar-refractivity contribution in [3.05, 3.63) is 29.3 Å². The first-order valence-electron chi connectivity index (χ1n) is 7.39. The predicted molar refractivity (Wildman–Crippen MR) is 92.9 cm³/mol. The Kier molecular flexibility index (Phi) is 5.15. The second kappa shape index (κ2) is 6.68. The number of carbonyl (C=O) groups excluding carboxylic acids is 1. The molecule has 136 valence electrons. The van der Waals surface area contributed by atoms with E-state index in [1.54, 1.807) is 20.8 Å². The van der Waals surface area contributed by atoms with Gasteiger partial charge in [-0.2, -0.15) is 0 Å². The van der Waals surface area contributed by atoms with Crippen LogP contribution in [0.5, 0.6) is 0 Å². The topological polar surface area (TPSA) is 103 Å². The predicted octanol–water partition coefficient (Wildman–Crippen LogP) is 3.33. The molecule has 0 spiro atoms. The lowest BCUT2D eigenvalue weighted by Gasteiger charge is -2.20. The van der Waals surface area contributed by atoms with Crippen LogP contribution in [0.3, 0.4) is 0 Å². The van der Waals surface area contributed by atoms with Gasteiger partial charge in [0.05, 0.1) is 17.7 Å². The molecule has 1 aromatic heterocycles. The van der Waals surface area contributed by atoms with Gasteiger partial charge in [0, 0.05) is 10.4 Å². The molecule has 2 aromatic rings. The van der Waals surface area contributed by atoms with Gasteiger partial charge in [0.15, 0.2) is 9.84 Å². The van der Waals surface area contributed by atoms with E-state index in [1.165, 1.54) is 24.3 Å². The van der Waals surface area contributed by atoms with Gasteiger partial charge in [0.25, 0.3) is 0 Å². The highest BCUT2D eigenvalue weighted by Gasteiger charge is 2.28. The summed E-state index contributed by atoms with van der Waals surface area (Å²) in [4.78, 5) is 23.3. The number of aromatic nitrogens is 1. The fourth-order valence-electron chi connectivity index (χ4n) is 2.21. The molecular weight excluding hydrogens is 370 g/mol. The lowest BCUT2D eigenvalue weighted by molar-refractivity contribution is -0.136. The lowest BCUT2D eigenvalue weighted by Crippen LogP contribution is -2.29. The Hall–Kier alpha value is -2.06. The maximum absolute atomic E-state index is 12.6. The maximum atomic E-state index is 12.6. The van der Waals surface area contributed by atoms with Crippen molar-refractivity contribution in [2.45, 2.75) is 37.8 Å². The molecule has 7 nitrogen and oxygen atoms in total. The number of rotatable bonds is 4. The van der Waals surface area contributed by atoms with Crippen molar-refractivity contribution in [1.82, 2.24) is 4.57 Å². The zero-order chi connectivity index (χ0) is 19.0. The highest BCUT2D eigenvalue weighted by molar-refractivity contribution is 7.91. The summed E-state index contributed by atoms with van der Waals surface area (Å²) in [5.41, 5.74) is -0.519. The van der Waals surface area contributed by atoms with E-state index in [0.717, 1.165) is 4.57 Å². The molecule has 0 bridgehead atoms. The smallest absolute Gasteiger partial charge is 0.420 e. The van der Waals surface area contributed by atoms with E-state index < -0.39 is 39.7 Å². The summed E-state index contributed by atoms with van der Waals surface area (Å²) in [7, 11) is -4.02. The number of carboxylic acids is 1. The molecule has 0 saturated carbocycles. The third kappa shape index (κ3) is 4.52. The molecule has 1 aromatic carbocycles. The molecule has 0 aliphatic heterocycles. The van der Waals surface area contributed by atoms with Gasteiger partial charge < -0.3 is 9.84 Å². The average molecular weight is 388 g/mol. The van der Waals surface area contributed by atoms with Gasteiger partial charge in [-0.15, -0.1) is 0 Å². The van der Waals surface area contributed by atoms with Crippen molar-refractivity contribution in [3.8, 4) is 0 Å². The SMILES string of the molecule is CC(C)(C)OC(=O)n1c(S(=O)(=O)CCC(=O)O)cc2cc(Cl)ccc21. The molecule has 0 unspecified atom stereocenters. The van der Waals surface area contributed by atoms with Crippen molar-refractivity contribution in [3.63, 3.8) is 0 Å². The number of sulfone groups is 1. The van der Waals surface area contributed by atoms with Gasteiger partial charge in [0.2, 0.25) is 0 Å². The van der Waals surface area contributed by atoms with Gasteiger partial charge in [-0.3, -0.25) is 4.79 Å². The average Bonchev–Trinajstić information content (AvgIpc) is 2.82. The highest BCUT2D eigenvalue weighted by atomic mass is 35.5. The van der Waals surface area contributed by atoms with Crippen molar-refractivity contribution >= 4 is 44.4 Å². The van der Waals surface area contributed by atoms with Crippen LogP contribution in [0.1, 0.15) is 27.2 Å². The zero-order valence-corrected chi connectivity index (χ0v) is 15.5. The normalized spacial score (nSPS) is 12.3. The summed E-state index contributed by atoms with van der Waals surface area (Å²) < 4.78 is 31.3.